The van der Waals surface area contributed by atoms with Crippen LogP contribution >= 0.6 is 0 Å². The molecule has 0 aromatic carbocycles. The number of nitrogen functional groups attached to an aromatic ring is 1. The first-order chi connectivity index (χ1) is 8.72. The van der Waals surface area contributed by atoms with Crippen molar-refractivity contribution in [2.45, 2.75) is 18.4 Å². The van der Waals surface area contributed by atoms with Crippen molar-refractivity contribution in [3.63, 3.8) is 0 Å². The number of nitrogens with one attached hydrogen (secondary N) is 1. The Hall–Kier alpha value is -1.44. The molecule has 1 aliphatic rings. The molecule has 18 heavy (non-hydrogen) atoms. The molecular formula is C11H18N4O3. The van der Waals surface area contributed by atoms with E-state index in [1.165, 1.54) is 0 Å². The fourth-order valence-electron chi connectivity index (χ4n) is 1.89. The van der Waals surface area contributed by atoms with E-state index in [-0.39, 0.29) is 25.1 Å². The molecule has 5 N–H and O–H groups in total. The van der Waals surface area contributed by atoms with Crippen LogP contribution in [0, 0.1) is 0 Å². The summed E-state index contributed by atoms with van der Waals surface area (Å²) in [4.78, 5) is 8.23. The van der Waals surface area contributed by atoms with Gasteiger partial charge in [-0.25, -0.2) is 4.98 Å². The molecule has 0 unspecified atom stereocenters. The average Bonchev–Trinajstić information content (AvgIpc) is 2.89. The van der Waals surface area contributed by atoms with Gasteiger partial charge < -0.3 is 26.0 Å². The maximum absolute atomic E-state index is 9.02. The molecular weight excluding hydrogens is 236 g/mol. The number of rotatable bonds is 5. The smallest absolute Gasteiger partial charge is 0.222 e. The Morgan fingerprint density at radius 3 is 2.83 bits per heavy atom. The number of aliphatic hydroxyl groups is 2. The molecule has 0 aliphatic carbocycles. The summed E-state index contributed by atoms with van der Waals surface area (Å²) in [5.74, 6) is 0.923. The number of nitrogens with two attached hydrogens (primary N) is 1. The van der Waals surface area contributed by atoms with Crippen molar-refractivity contribution >= 4 is 11.8 Å². The number of ether oxygens (including phenoxy) is 1. The first-order valence-corrected chi connectivity index (χ1v) is 5.93. The number of anilines is 2. The van der Waals surface area contributed by atoms with Gasteiger partial charge in [-0.15, -0.1) is 0 Å². The van der Waals surface area contributed by atoms with E-state index in [2.05, 4.69) is 15.3 Å². The Labute approximate surface area is 105 Å². The van der Waals surface area contributed by atoms with E-state index in [0.29, 0.717) is 12.4 Å². The Morgan fingerprint density at radius 1 is 1.44 bits per heavy atom. The quantitative estimate of drug-likeness (QED) is 0.551. The predicted octanol–water partition coefficient (Wildman–Crippen LogP) is -0.672. The zero-order valence-electron chi connectivity index (χ0n) is 10.0. The molecule has 0 saturated carbocycles. The van der Waals surface area contributed by atoms with Crippen LogP contribution in [0.5, 0.6) is 0 Å². The van der Waals surface area contributed by atoms with Crippen molar-refractivity contribution in [2.24, 2.45) is 0 Å². The van der Waals surface area contributed by atoms with E-state index >= 15 is 0 Å². The molecule has 2 rings (SSSR count). The van der Waals surface area contributed by atoms with Gasteiger partial charge in [0.2, 0.25) is 5.95 Å². The van der Waals surface area contributed by atoms with Crippen molar-refractivity contribution in [3.8, 4) is 0 Å². The van der Waals surface area contributed by atoms with Gasteiger partial charge >= 0.3 is 0 Å². The molecule has 1 aromatic rings. The summed E-state index contributed by atoms with van der Waals surface area (Å²) in [6, 6.07) is 1.33. The van der Waals surface area contributed by atoms with Gasteiger partial charge in [0.05, 0.1) is 31.6 Å². The summed E-state index contributed by atoms with van der Waals surface area (Å²) in [5, 5.41) is 21.0. The third-order valence-electron chi connectivity index (χ3n) is 2.90. The van der Waals surface area contributed by atoms with Gasteiger partial charge in [0, 0.05) is 18.6 Å². The van der Waals surface area contributed by atoms with Crippen molar-refractivity contribution in [3.05, 3.63) is 11.8 Å². The van der Waals surface area contributed by atoms with Crippen LogP contribution < -0.4 is 11.1 Å². The molecule has 1 fully saturated rings. The predicted molar refractivity (Wildman–Crippen MR) is 66.2 cm³/mol. The van der Waals surface area contributed by atoms with E-state index in [1.807, 2.05) is 0 Å². The lowest BCUT2D eigenvalue weighted by Crippen LogP contribution is -2.28. The van der Waals surface area contributed by atoms with Gasteiger partial charge in [-0.3, -0.25) is 0 Å². The van der Waals surface area contributed by atoms with Gasteiger partial charge in [0.25, 0.3) is 0 Å². The van der Waals surface area contributed by atoms with Gasteiger partial charge in [-0.1, -0.05) is 0 Å². The molecule has 7 nitrogen and oxygen atoms in total. The standard InChI is InChI=1S/C11H18N4O3/c12-11-14-9(7-1-2-18-6-7)3-10(15-11)13-8(4-16)5-17/h3,7-8,16-17H,1-2,4-6H2,(H3,12,13,14,15)/t7-/m0/s1. The summed E-state index contributed by atoms with van der Waals surface area (Å²) < 4.78 is 5.31. The largest absolute Gasteiger partial charge is 0.394 e. The highest BCUT2D eigenvalue weighted by Gasteiger charge is 2.20. The second-order valence-corrected chi connectivity index (χ2v) is 4.30. The van der Waals surface area contributed by atoms with Gasteiger partial charge in [0.1, 0.15) is 5.82 Å². The highest BCUT2D eigenvalue weighted by atomic mass is 16.5. The lowest BCUT2D eigenvalue weighted by molar-refractivity contribution is 0.193. The monoisotopic (exact) mass is 254 g/mol. The molecule has 1 atom stereocenters. The number of hydrogen-bond acceptors (Lipinski definition) is 7. The molecule has 100 valence electrons. The summed E-state index contributed by atoms with van der Waals surface area (Å²) in [5.41, 5.74) is 6.49. The summed E-state index contributed by atoms with van der Waals surface area (Å²) in [6.45, 7) is 1.01. The van der Waals surface area contributed by atoms with E-state index in [1.54, 1.807) is 6.07 Å². The normalized spacial score (nSPS) is 19.4. The van der Waals surface area contributed by atoms with Crippen molar-refractivity contribution < 1.29 is 14.9 Å². The summed E-state index contributed by atoms with van der Waals surface area (Å²) in [7, 11) is 0. The second kappa shape index (κ2) is 5.94. The van der Waals surface area contributed by atoms with Crippen molar-refractivity contribution in [2.75, 3.05) is 37.5 Å². The van der Waals surface area contributed by atoms with Gasteiger partial charge in [-0.2, -0.15) is 4.98 Å². The van der Waals surface area contributed by atoms with E-state index < -0.39 is 6.04 Å². The zero-order valence-corrected chi connectivity index (χ0v) is 10.0. The van der Waals surface area contributed by atoms with Crippen LogP contribution in [0.2, 0.25) is 0 Å². The van der Waals surface area contributed by atoms with Crippen LogP contribution in [0.15, 0.2) is 6.07 Å². The topological polar surface area (TPSA) is 114 Å². The lowest BCUT2D eigenvalue weighted by Gasteiger charge is -2.16. The third-order valence-corrected chi connectivity index (χ3v) is 2.90. The van der Waals surface area contributed by atoms with Crippen molar-refractivity contribution in [1.29, 1.82) is 0 Å². The number of aromatic nitrogens is 2. The van der Waals surface area contributed by atoms with E-state index in [0.717, 1.165) is 18.7 Å². The molecule has 1 aromatic heterocycles. The Morgan fingerprint density at radius 2 is 2.22 bits per heavy atom. The van der Waals surface area contributed by atoms with Crippen LogP contribution in [0.4, 0.5) is 11.8 Å². The average molecular weight is 254 g/mol. The number of nitrogens with zero attached hydrogens (tertiary/aromatic N) is 2. The summed E-state index contributed by atoms with van der Waals surface area (Å²) in [6.07, 6.45) is 0.916. The van der Waals surface area contributed by atoms with Crippen LogP contribution in [0.1, 0.15) is 18.0 Å². The molecule has 0 amide bonds. The molecule has 0 spiro atoms. The van der Waals surface area contributed by atoms with Crippen LogP contribution in [0.3, 0.4) is 0 Å². The highest BCUT2D eigenvalue weighted by Crippen LogP contribution is 2.25. The molecule has 1 saturated heterocycles. The van der Waals surface area contributed by atoms with E-state index in [4.69, 9.17) is 20.7 Å². The highest BCUT2D eigenvalue weighted by molar-refractivity contribution is 5.42. The molecule has 0 radical (unpaired) electrons. The maximum atomic E-state index is 9.02. The number of aliphatic hydroxyl groups excluding tert-OH is 2. The first-order valence-electron chi connectivity index (χ1n) is 5.93. The van der Waals surface area contributed by atoms with Crippen LogP contribution in [-0.4, -0.2) is 52.7 Å². The van der Waals surface area contributed by atoms with Crippen molar-refractivity contribution in [1.82, 2.24) is 9.97 Å². The Bertz CT molecular complexity index is 392. The maximum Gasteiger partial charge on any atom is 0.222 e. The fraction of sp³-hybridized carbons (Fsp3) is 0.636. The van der Waals surface area contributed by atoms with Crippen LogP contribution in [-0.2, 0) is 4.74 Å². The van der Waals surface area contributed by atoms with Crippen LogP contribution in [0.25, 0.3) is 0 Å². The van der Waals surface area contributed by atoms with Gasteiger partial charge in [-0.05, 0) is 6.42 Å². The number of hydrogen-bond donors (Lipinski definition) is 4. The SMILES string of the molecule is Nc1nc(NC(CO)CO)cc([C@H]2CCOC2)n1. The molecule has 2 heterocycles. The minimum Gasteiger partial charge on any atom is -0.394 e. The van der Waals surface area contributed by atoms with E-state index in [9.17, 15) is 0 Å². The lowest BCUT2D eigenvalue weighted by atomic mass is 10.0. The second-order valence-electron chi connectivity index (χ2n) is 4.30. The Kier molecular flexibility index (Phi) is 4.29. The molecule has 7 heteroatoms. The third kappa shape index (κ3) is 3.06. The zero-order chi connectivity index (χ0) is 13.0. The summed E-state index contributed by atoms with van der Waals surface area (Å²) >= 11 is 0. The minimum absolute atomic E-state index is 0.177. The minimum atomic E-state index is -0.452. The fourth-order valence-corrected chi connectivity index (χ4v) is 1.89. The molecule has 0 bridgehead atoms. The first kappa shape index (κ1) is 13.0. The van der Waals surface area contributed by atoms with Gasteiger partial charge in [0.15, 0.2) is 0 Å². The molecule has 1 aliphatic heterocycles. The Balaban J connectivity index is 2.15.